The van der Waals surface area contributed by atoms with Gasteiger partial charge in [0.2, 0.25) is 0 Å². The van der Waals surface area contributed by atoms with Crippen LogP contribution in [-0.2, 0) is 4.79 Å². The number of non-ortho nitro benzene ring substituents is 1. The molecule has 9 heteroatoms. The molecule has 180 valence electrons. The van der Waals surface area contributed by atoms with E-state index < -0.39 is 16.8 Å². The molecule has 0 heterocycles. The van der Waals surface area contributed by atoms with Gasteiger partial charge in [0, 0.05) is 12.1 Å². The van der Waals surface area contributed by atoms with Crippen LogP contribution in [0.4, 0.5) is 5.69 Å². The Hall–Kier alpha value is -4.53. The maximum Gasteiger partial charge on any atom is 0.343 e. The SMILES string of the molecule is CC[C@H](C)c1ccc(OCC(=O)N/N=C\c2ccc(OC(=O)c3ccc([N+](=O)[O-])cc3)cc2)cc1. The summed E-state index contributed by atoms with van der Waals surface area (Å²) in [5.74, 6) is 0.333. The molecule has 35 heavy (non-hydrogen) atoms. The Kier molecular flexibility index (Phi) is 8.66. The highest BCUT2D eigenvalue weighted by Gasteiger charge is 2.11. The summed E-state index contributed by atoms with van der Waals surface area (Å²) in [6, 6.07) is 19.2. The molecule has 1 amide bonds. The smallest absolute Gasteiger partial charge is 0.343 e. The summed E-state index contributed by atoms with van der Waals surface area (Å²) >= 11 is 0. The molecule has 0 radical (unpaired) electrons. The first-order valence-corrected chi connectivity index (χ1v) is 11.0. The Labute approximate surface area is 202 Å². The fourth-order valence-electron chi connectivity index (χ4n) is 3.00. The number of hydrogen-bond acceptors (Lipinski definition) is 7. The predicted molar refractivity (Wildman–Crippen MR) is 131 cm³/mol. The molecule has 0 aliphatic carbocycles. The number of rotatable bonds is 10. The number of nitrogens with one attached hydrogen (secondary N) is 1. The fourth-order valence-corrected chi connectivity index (χ4v) is 3.00. The molecule has 0 aliphatic rings. The quantitative estimate of drug-likeness (QED) is 0.147. The molecule has 3 aromatic rings. The number of amides is 1. The van der Waals surface area contributed by atoms with Gasteiger partial charge in [0.05, 0.1) is 16.7 Å². The number of hydrazone groups is 1. The first-order chi connectivity index (χ1) is 16.9. The number of nitro benzene ring substituents is 1. The van der Waals surface area contributed by atoms with Crippen LogP contribution in [0.15, 0.2) is 77.9 Å². The van der Waals surface area contributed by atoms with Crippen molar-refractivity contribution in [2.45, 2.75) is 26.2 Å². The minimum absolute atomic E-state index is 0.112. The van der Waals surface area contributed by atoms with Crippen molar-refractivity contribution in [3.63, 3.8) is 0 Å². The van der Waals surface area contributed by atoms with Gasteiger partial charge in [0.15, 0.2) is 6.61 Å². The molecular weight excluding hydrogens is 450 g/mol. The average Bonchev–Trinajstić information content (AvgIpc) is 2.88. The molecule has 1 atom stereocenters. The second kappa shape index (κ2) is 12.1. The summed E-state index contributed by atoms with van der Waals surface area (Å²) in [6.45, 7) is 4.12. The molecule has 9 nitrogen and oxygen atoms in total. The van der Waals surface area contributed by atoms with E-state index >= 15 is 0 Å². The van der Waals surface area contributed by atoms with Gasteiger partial charge in [-0.2, -0.15) is 5.10 Å². The van der Waals surface area contributed by atoms with E-state index in [1.807, 2.05) is 24.3 Å². The predicted octanol–water partition coefficient (Wildman–Crippen LogP) is 4.86. The lowest BCUT2D eigenvalue weighted by molar-refractivity contribution is -0.384. The molecule has 0 spiro atoms. The molecule has 0 unspecified atom stereocenters. The van der Waals surface area contributed by atoms with Crippen LogP contribution in [0.1, 0.15) is 47.7 Å². The molecular formula is C26H25N3O6. The van der Waals surface area contributed by atoms with Crippen molar-refractivity contribution in [2.24, 2.45) is 5.10 Å². The highest BCUT2D eigenvalue weighted by Crippen LogP contribution is 2.21. The van der Waals surface area contributed by atoms with E-state index in [2.05, 4.69) is 24.4 Å². The van der Waals surface area contributed by atoms with Crippen LogP contribution in [0, 0.1) is 10.1 Å². The fraction of sp³-hybridized carbons (Fsp3) is 0.192. The lowest BCUT2D eigenvalue weighted by atomic mass is 9.99. The van der Waals surface area contributed by atoms with Crippen molar-refractivity contribution in [2.75, 3.05) is 6.61 Å². The van der Waals surface area contributed by atoms with Gasteiger partial charge in [0.25, 0.3) is 11.6 Å². The molecule has 0 aliphatic heterocycles. The van der Waals surface area contributed by atoms with E-state index in [0.717, 1.165) is 6.42 Å². The minimum atomic E-state index is -0.636. The summed E-state index contributed by atoms with van der Waals surface area (Å²) in [7, 11) is 0. The summed E-state index contributed by atoms with van der Waals surface area (Å²) in [5.41, 5.74) is 4.37. The van der Waals surface area contributed by atoms with Crippen molar-refractivity contribution >= 4 is 23.8 Å². The van der Waals surface area contributed by atoms with Gasteiger partial charge in [-0.05, 0) is 72.0 Å². The van der Waals surface area contributed by atoms with Crippen LogP contribution in [-0.4, -0.2) is 29.6 Å². The van der Waals surface area contributed by atoms with Gasteiger partial charge in [-0.3, -0.25) is 14.9 Å². The number of esters is 1. The van der Waals surface area contributed by atoms with Crippen molar-refractivity contribution in [1.82, 2.24) is 5.43 Å². The van der Waals surface area contributed by atoms with Crippen molar-refractivity contribution in [1.29, 1.82) is 0 Å². The topological polar surface area (TPSA) is 120 Å². The molecule has 0 bridgehead atoms. The lowest BCUT2D eigenvalue weighted by Gasteiger charge is -2.10. The van der Waals surface area contributed by atoms with Crippen LogP contribution >= 0.6 is 0 Å². The van der Waals surface area contributed by atoms with Crippen molar-refractivity contribution in [3.8, 4) is 11.5 Å². The normalized spacial score (nSPS) is 11.6. The Morgan fingerprint density at radius 3 is 2.23 bits per heavy atom. The minimum Gasteiger partial charge on any atom is -0.484 e. The van der Waals surface area contributed by atoms with Crippen molar-refractivity contribution < 1.29 is 24.0 Å². The molecule has 0 fully saturated rings. The van der Waals surface area contributed by atoms with Crippen LogP contribution in [0.25, 0.3) is 0 Å². The highest BCUT2D eigenvalue weighted by atomic mass is 16.6. The Morgan fingerprint density at radius 2 is 1.63 bits per heavy atom. The van der Waals surface area contributed by atoms with Gasteiger partial charge in [0.1, 0.15) is 11.5 Å². The van der Waals surface area contributed by atoms with E-state index in [-0.39, 0.29) is 17.9 Å². The number of nitro groups is 1. The molecule has 3 rings (SSSR count). The average molecular weight is 476 g/mol. The maximum atomic E-state index is 12.2. The van der Waals surface area contributed by atoms with E-state index in [1.165, 1.54) is 36.0 Å². The van der Waals surface area contributed by atoms with Crippen LogP contribution < -0.4 is 14.9 Å². The second-order valence-electron chi connectivity index (χ2n) is 7.72. The third-order valence-electron chi connectivity index (χ3n) is 5.24. The summed E-state index contributed by atoms with van der Waals surface area (Å²) in [4.78, 5) is 34.3. The number of carbonyl (C=O) groups excluding carboxylic acids is 2. The van der Waals surface area contributed by atoms with Crippen molar-refractivity contribution in [3.05, 3.63) is 99.6 Å². The number of carbonyl (C=O) groups is 2. The zero-order valence-electron chi connectivity index (χ0n) is 19.3. The Bertz CT molecular complexity index is 1190. The van der Waals surface area contributed by atoms with Crippen LogP contribution in [0.3, 0.4) is 0 Å². The van der Waals surface area contributed by atoms with E-state index in [0.29, 0.717) is 23.0 Å². The van der Waals surface area contributed by atoms with Gasteiger partial charge >= 0.3 is 5.97 Å². The number of ether oxygens (including phenoxy) is 2. The first kappa shape index (κ1) is 25.1. The first-order valence-electron chi connectivity index (χ1n) is 11.0. The molecule has 0 saturated heterocycles. The van der Waals surface area contributed by atoms with Crippen LogP contribution in [0.5, 0.6) is 11.5 Å². The standard InChI is InChI=1S/C26H25N3O6/c1-3-18(2)20-8-14-23(15-9-20)34-17-25(30)28-27-16-19-4-12-24(13-5-19)35-26(31)21-6-10-22(11-7-21)29(32)33/h4-16,18H,3,17H2,1-2H3,(H,28,30)/b27-16-/t18-/m0/s1. The van der Waals surface area contributed by atoms with Gasteiger partial charge in [-0.15, -0.1) is 0 Å². The summed E-state index contributed by atoms with van der Waals surface area (Å²) in [5, 5.41) is 14.6. The maximum absolute atomic E-state index is 12.2. The lowest BCUT2D eigenvalue weighted by Crippen LogP contribution is -2.24. The Balaban J connectivity index is 1.44. The highest BCUT2D eigenvalue weighted by molar-refractivity contribution is 5.91. The van der Waals surface area contributed by atoms with Gasteiger partial charge in [-0.25, -0.2) is 10.2 Å². The zero-order valence-corrected chi connectivity index (χ0v) is 19.3. The molecule has 3 aromatic carbocycles. The molecule has 1 N–H and O–H groups in total. The Morgan fingerprint density at radius 1 is 1.00 bits per heavy atom. The molecule has 0 saturated carbocycles. The largest absolute Gasteiger partial charge is 0.484 e. The second-order valence-corrected chi connectivity index (χ2v) is 7.72. The number of benzene rings is 3. The number of hydrogen-bond donors (Lipinski definition) is 1. The van der Waals surface area contributed by atoms with Crippen LogP contribution in [0.2, 0.25) is 0 Å². The summed E-state index contributed by atoms with van der Waals surface area (Å²) in [6.07, 6.45) is 2.50. The van der Waals surface area contributed by atoms with Gasteiger partial charge < -0.3 is 9.47 Å². The number of nitrogens with zero attached hydrogens (tertiary/aromatic N) is 2. The van der Waals surface area contributed by atoms with E-state index in [4.69, 9.17) is 9.47 Å². The zero-order chi connectivity index (χ0) is 25.2. The third-order valence-corrected chi connectivity index (χ3v) is 5.24. The van der Waals surface area contributed by atoms with E-state index in [1.54, 1.807) is 24.3 Å². The van der Waals surface area contributed by atoms with Gasteiger partial charge in [-0.1, -0.05) is 26.0 Å². The summed E-state index contributed by atoms with van der Waals surface area (Å²) < 4.78 is 10.7. The van der Waals surface area contributed by atoms with E-state index in [9.17, 15) is 19.7 Å². The third kappa shape index (κ3) is 7.50. The monoisotopic (exact) mass is 475 g/mol. The molecule has 0 aromatic heterocycles.